The first-order chi connectivity index (χ1) is 33.0. The maximum atomic E-state index is 14.0. The van der Waals surface area contributed by atoms with Crippen molar-refractivity contribution >= 4 is 37.7 Å². The van der Waals surface area contributed by atoms with Crippen molar-refractivity contribution < 1.29 is 42.5 Å². The molecular weight excluding hydrogens is 904 g/mol. The van der Waals surface area contributed by atoms with Gasteiger partial charge in [0.2, 0.25) is 5.95 Å². The smallest absolute Gasteiger partial charge is 0.314 e. The number of hydrogen-bond donors (Lipinski definition) is 1. The van der Waals surface area contributed by atoms with Gasteiger partial charge in [0.15, 0.2) is 17.4 Å². The van der Waals surface area contributed by atoms with Gasteiger partial charge in [-0.1, -0.05) is 54.6 Å². The van der Waals surface area contributed by atoms with Gasteiger partial charge >= 0.3 is 5.97 Å². The van der Waals surface area contributed by atoms with E-state index in [1.54, 1.807) is 58.7 Å². The predicted octanol–water partition coefficient (Wildman–Crippen LogP) is 7.35. The minimum absolute atomic E-state index is 0.00598. The summed E-state index contributed by atoms with van der Waals surface area (Å²) >= 11 is 0. The van der Waals surface area contributed by atoms with Crippen LogP contribution in [-0.4, -0.2) is 139 Å². The van der Waals surface area contributed by atoms with Crippen molar-refractivity contribution in [2.24, 2.45) is 4.99 Å². The van der Waals surface area contributed by atoms with E-state index in [1.165, 1.54) is 12.7 Å². The normalized spacial score (nSPS) is 18.0. The van der Waals surface area contributed by atoms with Crippen LogP contribution in [0.2, 0.25) is 0 Å². The van der Waals surface area contributed by atoms with E-state index in [1.807, 2.05) is 107 Å². The van der Waals surface area contributed by atoms with Gasteiger partial charge in [0.05, 0.1) is 59.2 Å². The first kappa shape index (κ1) is 52.6. The fourth-order valence-electron chi connectivity index (χ4n) is 8.35. The lowest BCUT2D eigenvalue weighted by Crippen LogP contribution is -2.43. The van der Waals surface area contributed by atoms with Gasteiger partial charge in [-0.15, -0.1) is 0 Å². The van der Waals surface area contributed by atoms with Gasteiger partial charge in [-0.3, -0.25) is 23.8 Å². The van der Waals surface area contributed by atoms with Crippen LogP contribution in [0.1, 0.15) is 70.9 Å². The van der Waals surface area contributed by atoms with Gasteiger partial charge in [0, 0.05) is 33.3 Å². The lowest BCUT2D eigenvalue weighted by Gasteiger charge is -2.40. The number of H-pyrrole nitrogens is 1. The number of nitrogens with one attached hydrogen (secondary N) is 1. The summed E-state index contributed by atoms with van der Waals surface area (Å²) in [6, 6.07) is 27.3. The molecule has 0 bridgehead atoms. The number of aromatic amines is 1. The third kappa shape index (κ3) is 12.5. The summed E-state index contributed by atoms with van der Waals surface area (Å²) in [6.45, 7) is 11.8. The number of benzene rings is 3. The van der Waals surface area contributed by atoms with Crippen molar-refractivity contribution in [2.75, 3.05) is 61.4 Å². The summed E-state index contributed by atoms with van der Waals surface area (Å²) in [5.74, 6) is 0.869. The van der Waals surface area contributed by atoms with E-state index in [-0.39, 0.29) is 61.6 Å². The summed E-state index contributed by atoms with van der Waals surface area (Å²) in [5, 5.41) is 9.52. The molecule has 1 fully saturated rings. The summed E-state index contributed by atoms with van der Waals surface area (Å²) in [6.07, 6.45) is -0.905. The van der Waals surface area contributed by atoms with Crippen LogP contribution in [0.5, 0.6) is 11.5 Å². The van der Waals surface area contributed by atoms with E-state index < -0.39 is 55.6 Å². The molecule has 19 heteroatoms. The van der Waals surface area contributed by atoms with Gasteiger partial charge in [0.25, 0.3) is 5.56 Å². The number of nitriles is 1. The van der Waals surface area contributed by atoms with Crippen molar-refractivity contribution in [1.29, 1.82) is 5.26 Å². The summed E-state index contributed by atoms with van der Waals surface area (Å²) in [4.78, 5) is 45.5. The Labute approximate surface area is 405 Å². The molecule has 0 radical (unpaired) electrons. The molecule has 5 aromatic rings. The number of imidazole rings is 1. The number of carbonyl (C=O) groups excluding carboxylic acids is 1. The minimum atomic E-state index is -1.82. The van der Waals surface area contributed by atoms with Crippen LogP contribution < -0.4 is 15.0 Å². The zero-order valence-corrected chi connectivity index (χ0v) is 42.2. The number of aromatic nitrogens is 4. The van der Waals surface area contributed by atoms with Crippen LogP contribution in [-0.2, 0) is 38.6 Å². The summed E-state index contributed by atoms with van der Waals surface area (Å²) in [7, 11) is 6.60. The molecule has 1 N–H and O–H groups in total. The number of aliphatic imine (C=N–C) groups is 1. The molecule has 18 nitrogen and oxygen atoms in total. The number of carbonyl (C=O) groups is 1. The molecule has 0 aliphatic carbocycles. The highest BCUT2D eigenvalue weighted by molar-refractivity contribution is 7.51. The number of methoxy groups -OCH3 is 3. The first-order valence-electron chi connectivity index (χ1n) is 22.8. The van der Waals surface area contributed by atoms with Gasteiger partial charge in [-0.25, -0.2) is 9.98 Å². The Morgan fingerprint density at radius 1 is 0.928 bits per heavy atom. The Balaban J connectivity index is 1.55. The van der Waals surface area contributed by atoms with Crippen LogP contribution in [0.15, 0.2) is 95.0 Å². The molecule has 1 saturated heterocycles. The Kier molecular flexibility index (Phi) is 18.1. The van der Waals surface area contributed by atoms with E-state index in [4.69, 9.17) is 42.7 Å². The third-order valence-electron chi connectivity index (χ3n) is 11.3. The maximum Gasteiger partial charge on any atom is 0.314 e. The Bertz CT molecular complexity index is 2510. The number of nitrogens with zero attached hydrogens (tertiary/aromatic N) is 7. The highest BCUT2D eigenvalue weighted by Gasteiger charge is 2.52. The summed E-state index contributed by atoms with van der Waals surface area (Å²) < 4.78 is 55.1. The predicted molar refractivity (Wildman–Crippen MR) is 263 cm³/mol. The summed E-state index contributed by atoms with van der Waals surface area (Å²) in [5.41, 5.74) is -0.110. The maximum absolute atomic E-state index is 14.0. The minimum Gasteiger partial charge on any atom is -0.497 e. The number of fused-ring (bicyclic) bond motifs is 1. The molecular formula is C50H65N8O10P. The van der Waals surface area contributed by atoms with Crippen LogP contribution in [0.3, 0.4) is 0 Å². The molecule has 5 atom stereocenters. The molecule has 2 aromatic heterocycles. The van der Waals surface area contributed by atoms with Crippen molar-refractivity contribution in [3.63, 3.8) is 0 Å². The van der Waals surface area contributed by atoms with E-state index >= 15 is 0 Å². The highest BCUT2D eigenvalue weighted by Crippen LogP contribution is 2.51. The quantitative estimate of drug-likeness (QED) is 0.0161. The highest BCUT2D eigenvalue weighted by atomic mass is 31.2. The fourth-order valence-corrected chi connectivity index (χ4v) is 10.6. The Morgan fingerprint density at radius 2 is 1.54 bits per heavy atom. The second-order valence-corrected chi connectivity index (χ2v) is 19.5. The van der Waals surface area contributed by atoms with Gasteiger partial charge < -0.3 is 42.6 Å². The monoisotopic (exact) mass is 968 g/mol. The molecule has 370 valence electrons. The Morgan fingerprint density at radius 3 is 2.09 bits per heavy atom. The topological polar surface area (TPSA) is 197 Å². The van der Waals surface area contributed by atoms with E-state index in [0.29, 0.717) is 11.5 Å². The SMILES string of the molecule is COCCO[C@H]1C(OP(CC(=O)OC(C)(C)CC#N)N(C(C)C)C(C)C)[C@@H](COC(c2ccccc2)(c2ccc(OC)cc2)c2ccc(OC)cc2)O[C@H]1n1cnc2c(=O)[nH]c(N=CN(C)C)nc21. The molecule has 3 heterocycles. The number of rotatable bonds is 24. The van der Waals surface area contributed by atoms with Gasteiger partial charge in [-0.05, 0) is 82.5 Å². The standard InChI is InChI=1S/C50H65N8O10P/c1-33(2)58(34(3)4)69(30-41(59)67-49(5,6)25-26-51)68-43-40(66-47(44(43)64-28-27-61-9)57-32-52-42-45(57)54-48(55-46(42)60)53-31-56(7)8)29-65-50(35-15-13-12-14-16-35,36-17-21-38(62-10)22-18-36)37-19-23-39(63-11)24-20-37/h12-24,31-34,40,43-44,47H,25,27-30H2,1-11H3,(H,54,55,60)/t40-,43?,44+,47-,69?/m1/s1. The van der Waals surface area contributed by atoms with Gasteiger partial charge in [-0.2, -0.15) is 10.2 Å². The van der Waals surface area contributed by atoms with Gasteiger partial charge in [0.1, 0.15) is 55.5 Å². The molecule has 2 unspecified atom stereocenters. The van der Waals surface area contributed by atoms with Crippen LogP contribution >= 0.6 is 8.30 Å². The first-order valence-corrected chi connectivity index (χ1v) is 24.2. The molecule has 1 aliphatic rings. The fraction of sp³-hybridized carbons (Fsp3) is 0.480. The average molecular weight is 969 g/mol. The number of esters is 1. The molecule has 0 amide bonds. The lowest BCUT2D eigenvalue weighted by atomic mass is 9.80. The van der Waals surface area contributed by atoms with Crippen LogP contribution in [0, 0.1) is 11.3 Å². The molecule has 1 aliphatic heterocycles. The van der Waals surface area contributed by atoms with Crippen molar-refractivity contribution in [1.82, 2.24) is 29.1 Å². The number of ether oxygens (including phenoxy) is 7. The van der Waals surface area contributed by atoms with E-state index in [9.17, 15) is 14.9 Å². The molecule has 69 heavy (non-hydrogen) atoms. The van der Waals surface area contributed by atoms with Crippen LogP contribution in [0.25, 0.3) is 11.2 Å². The molecule has 0 saturated carbocycles. The van der Waals surface area contributed by atoms with Crippen molar-refractivity contribution in [3.8, 4) is 17.6 Å². The largest absolute Gasteiger partial charge is 0.497 e. The zero-order chi connectivity index (χ0) is 49.9. The molecule has 3 aromatic carbocycles. The molecule has 6 rings (SSSR count). The van der Waals surface area contributed by atoms with Crippen LogP contribution in [0.4, 0.5) is 5.95 Å². The Hall–Kier alpha value is -5.77. The average Bonchev–Trinajstić information content (AvgIpc) is 3.89. The third-order valence-corrected chi connectivity index (χ3v) is 13.8. The molecule has 0 spiro atoms. The van der Waals surface area contributed by atoms with Crippen molar-refractivity contribution in [2.45, 2.75) is 95.8 Å². The van der Waals surface area contributed by atoms with E-state index in [0.717, 1.165) is 16.7 Å². The van der Waals surface area contributed by atoms with Crippen molar-refractivity contribution in [3.05, 3.63) is 112 Å². The zero-order valence-electron chi connectivity index (χ0n) is 41.3. The van der Waals surface area contributed by atoms with E-state index in [2.05, 4.69) is 25.7 Å². The second kappa shape index (κ2) is 23.7. The number of hydrogen-bond acceptors (Lipinski definition) is 15. The lowest BCUT2D eigenvalue weighted by molar-refractivity contribution is -0.152. The second-order valence-electron chi connectivity index (χ2n) is 17.8.